The molecule has 1 heterocycles. The lowest BCUT2D eigenvalue weighted by Crippen LogP contribution is -2.28. The molecular formula is C9H11NO2S. The van der Waals surface area contributed by atoms with Gasteiger partial charge in [-0.05, 0) is 12.8 Å². The Labute approximate surface area is 80.4 Å². The Hall–Kier alpha value is -0.740. The van der Waals surface area contributed by atoms with Gasteiger partial charge in [-0.25, -0.2) is 4.98 Å². The molecule has 1 N–H and O–H groups in total. The van der Waals surface area contributed by atoms with E-state index in [0.29, 0.717) is 12.8 Å². The van der Waals surface area contributed by atoms with Crippen LogP contribution >= 0.6 is 11.3 Å². The first-order valence-corrected chi connectivity index (χ1v) is 5.25. The molecule has 0 bridgehead atoms. The van der Waals surface area contributed by atoms with Gasteiger partial charge in [-0.15, -0.1) is 11.3 Å². The smallest absolute Gasteiger partial charge is 0.161 e. The molecule has 4 heteroatoms. The number of rotatable bonds is 1. The van der Waals surface area contributed by atoms with E-state index in [1.807, 2.05) is 5.38 Å². The second-order valence-electron chi connectivity index (χ2n) is 3.33. The van der Waals surface area contributed by atoms with Crippen LogP contribution in [0.25, 0.3) is 0 Å². The normalized spacial score (nSPS) is 29.2. The van der Waals surface area contributed by atoms with Crippen LogP contribution in [-0.4, -0.2) is 22.0 Å². The molecule has 2 unspecified atom stereocenters. The zero-order valence-electron chi connectivity index (χ0n) is 7.14. The number of nitrogens with zero attached hydrogens (tertiary/aromatic N) is 1. The summed E-state index contributed by atoms with van der Waals surface area (Å²) in [6.45, 7) is 0. The van der Waals surface area contributed by atoms with Gasteiger partial charge in [0.25, 0.3) is 0 Å². The number of hydrogen-bond acceptors (Lipinski definition) is 4. The van der Waals surface area contributed by atoms with Crippen molar-refractivity contribution in [1.82, 2.24) is 4.98 Å². The lowest BCUT2D eigenvalue weighted by atomic mass is 9.87. The van der Waals surface area contributed by atoms with Gasteiger partial charge in [0.1, 0.15) is 6.10 Å². The van der Waals surface area contributed by atoms with Crippen LogP contribution in [-0.2, 0) is 4.79 Å². The Morgan fingerprint density at radius 3 is 3.00 bits per heavy atom. The highest BCUT2D eigenvalue weighted by atomic mass is 32.1. The number of ketones is 1. The SMILES string of the molecule is O=C1CC(c2nccs2)CCC1O. The largest absolute Gasteiger partial charge is 0.385 e. The molecule has 0 aromatic carbocycles. The summed E-state index contributed by atoms with van der Waals surface area (Å²) in [5.74, 6) is 0.211. The van der Waals surface area contributed by atoms with E-state index in [2.05, 4.69) is 4.98 Å². The second-order valence-corrected chi connectivity index (χ2v) is 4.26. The van der Waals surface area contributed by atoms with Gasteiger partial charge in [-0.1, -0.05) is 0 Å². The molecule has 1 fully saturated rings. The fourth-order valence-corrected chi connectivity index (χ4v) is 2.42. The van der Waals surface area contributed by atoms with Crippen molar-refractivity contribution in [3.63, 3.8) is 0 Å². The fourth-order valence-electron chi connectivity index (χ4n) is 1.65. The van der Waals surface area contributed by atoms with E-state index >= 15 is 0 Å². The Morgan fingerprint density at radius 1 is 1.54 bits per heavy atom. The Bertz CT molecular complexity index is 297. The molecule has 3 nitrogen and oxygen atoms in total. The fraction of sp³-hybridized carbons (Fsp3) is 0.556. The standard InChI is InChI=1S/C9H11NO2S/c11-7-2-1-6(5-8(7)12)9-10-3-4-13-9/h3-4,6-7,11H,1-2,5H2. The monoisotopic (exact) mass is 197 g/mol. The van der Waals surface area contributed by atoms with Crippen LogP contribution in [0.3, 0.4) is 0 Å². The third-order valence-electron chi connectivity index (χ3n) is 2.41. The summed E-state index contributed by atoms with van der Waals surface area (Å²) in [6, 6.07) is 0. The van der Waals surface area contributed by atoms with E-state index in [9.17, 15) is 9.90 Å². The van der Waals surface area contributed by atoms with Crippen LogP contribution in [0, 0.1) is 0 Å². The van der Waals surface area contributed by atoms with Gasteiger partial charge in [0.2, 0.25) is 0 Å². The molecule has 1 aliphatic carbocycles. The molecule has 2 rings (SSSR count). The topological polar surface area (TPSA) is 50.2 Å². The molecule has 0 aliphatic heterocycles. The number of aromatic nitrogens is 1. The summed E-state index contributed by atoms with van der Waals surface area (Å²) in [5, 5.41) is 12.2. The molecule has 70 valence electrons. The number of carbonyl (C=O) groups is 1. The third-order valence-corrected chi connectivity index (χ3v) is 3.35. The number of carbonyl (C=O) groups excluding carboxylic acids is 1. The first-order valence-electron chi connectivity index (χ1n) is 4.37. The molecule has 1 aromatic rings. The molecule has 0 saturated heterocycles. The van der Waals surface area contributed by atoms with Gasteiger partial charge in [0.05, 0.1) is 5.01 Å². The Balaban J connectivity index is 2.08. The number of aliphatic hydroxyl groups is 1. The van der Waals surface area contributed by atoms with Gasteiger partial charge >= 0.3 is 0 Å². The van der Waals surface area contributed by atoms with Gasteiger partial charge in [-0.3, -0.25) is 4.79 Å². The maximum absolute atomic E-state index is 11.2. The number of hydrogen-bond donors (Lipinski definition) is 1. The molecule has 1 aliphatic rings. The van der Waals surface area contributed by atoms with Crippen LogP contribution in [0.1, 0.15) is 30.2 Å². The van der Waals surface area contributed by atoms with Crippen molar-refractivity contribution >= 4 is 17.1 Å². The lowest BCUT2D eigenvalue weighted by Gasteiger charge is -2.22. The average molecular weight is 197 g/mol. The second kappa shape index (κ2) is 3.55. The van der Waals surface area contributed by atoms with Gasteiger partial charge in [0, 0.05) is 23.9 Å². The molecular weight excluding hydrogens is 186 g/mol. The Kier molecular flexibility index (Phi) is 2.42. The number of aliphatic hydroxyl groups excluding tert-OH is 1. The van der Waals surface area contributed by atoms with Gasteiger partial charge < -0.3 is 5.11 Å². The summed E-state index contributed by atoms with van der Waals surface area (Å²) in [5.41, 5.74) is 0. The van der Waals surface area contributed by atoms with Crippen molar-refractivity contribution < 1.29 is 9.90 Å². The molecule has 0 amide bonds. The highest BCUT2D eigenvalue weighted by Crippen LogP contribution is 2.31. The first-order chi connectivity index (χ1) is 6.27. The molecule has 1 saturated carbocycles. The van der Waals surface area contributed by atoms with Gasteiger partial charge in [-0.2, -0.15) is 0 Å². The molecule has 0 radical (unpaired) electrons. The van der Waals surface area contributed by atoms with E-state index in [4.69, 9.17) is 0 Å². The summed E-state index contributed by atoms with van der Waals surface area (Å²) < 4.78 is 0. The van der Waals surface area contributed by atoms with E-state index in [1.54, 1.807) is 17.5 Å². The van der Waals surface area contributed by atoms with Crippen molar-refractivity contribution in [2.75, 3.05) is 0 Å². The van der Waals surface area contributed by atoms with E-state index < -0.39 is 6.10 Å². The highest BCUT2D eigenvalue weighted by Gasteiger charge is 2.28. The van der Waals surface area contributed by atoms with Crippen molar-refractivity contribution in [3.8, 4) is 0 Å². The summed E-state index contributed by atoms with van der Waals surface area (Å²) in [6.07, 6.45) is 2.95. The molecule has 0 spiro atoms. The average Bonchev–Trinajstić information content (AvgIpc) is 2.62. The predicted molar refractivity (Wildman–Crippen MR) is 49.7 cm³/mol. The highest BCUT2D eigenvalue weighted by molar-refractivity contribution is 7.09. The summed E-state index contributed by atoms with van der Waals surface area (Å²) >= 11 is 1.59. The minimum atomic E-state index is -0.726. The van der Waals surface area contributed by atoms with Crippen molar-refractivity contribution in [3.05, 3.63) is 16.6 Å². The molecule has 13 heavy (non-hydrogen) atoms. The van der Waals surface area contributed by atoms with Crippen LogP contribution in [0.4, 0.5) is 0 Å². The minimum Gasteiger partial charge on any atom is -0.385 e. The first kappa shape index (κ1) is 8.84. The minimum absolute atomic E-state index is 0.0357. The molecule has 1 aromatic heterocycles. The number of thiazole rings is 1. The van der Waals surface area contributed by atoms with E-state index in [0.717, 1.165) is 11.4 Å². The zero-order chi connectivity index (χ0) is 9.26. The van der Waals surface area contributed by atoms with Crippen molar-refractivity contribution in [2.24, 2.45) is 0 Å². The zero-order valence-corrected chi connectivity index (χ0v) is 7.96. The predicted octanol–water partition coefficient (Wildman–Crippen LogP) is 1.34. The van der Waals surface area contributed by atoms with Crippen LogP contribution in [0.5, 0.6) is 0 Å². The van der Waals surface area contributed by atoms with Crippen LogP contribution < -0.4 is 0 Å². The molecule has 2 atom stereocenters. The summed E-state index contributed by atoms with van der Waals surface area (Å²) in [7, 11) is 0. The van der Waals surface area contributed by atoms with Gasteiger partial charge in [0.15, 0.2) is 5.78 Å². The lowest BCUT2D eigenvalue weighted by molar-refractivity contribution is -0.129. The van der Waals surface area contributed by atoms with Crippen LogP contribution in [0.15, 0.2) is 11.6 Å². The maximum atomic E-state index is 11.2. The Morgan fingerprint density at radius 2 is 2.38 bits per heavy atom. The van der Waals surface area contributed by atoms with E-state index in [1.165, 1.54) is 0 Å². The summed E-state index contributed by atoms with van der Waals surface area (Å²) in [4.78, 5) is 15.4. The van der Waals surface area contributed by atoms with E-state index in [-0.39, 0.29) is 11.7 Å². The quantitative estimate of drug-likeness (QED) is 0.739. The van der Waals surface area contributed by atoms with Crippen molar-refractivity contribution in [2.45, 2.75) is 31.3 Å². The van der Waals surface area contributed by atoms with Crippen molar-refractivity contribution in [1.29, 1.82) is 0 Å². The number of Topliss-reactive ketones (excluding diaryl/α,β-unsaturated/α-hetero) is 1. The maximum Gasteiger partial charge on any atom is 0.161 e. The third kappa shape index (κ3) is 1.78. The van der Waals surface area contributed by atoms with Crippen LogP contribution in [0.2, 0.25) is 0 Å².